The second kappa shape index (κ2) is 6.19. The molecule has 1 atom stereocenters. The van der Waals surface area contributed by atoms with Gasteiger partial charge >= 0.3 is 0 Å². The summed E-state index contributed by atoms with van der Waals surface area (Å²) in [5.74, 6) is -0.548. The molecule has 1 aromatic heterocycles. The number of benzene rings is 1. The van der Waals surface area contributed by atoms with Gasteiger partial charge in [0.25, 0.3) is 5.91 Å². The zero-order chi connectivity index (χ0) is 17.6. The van der Waals surface area contributed by atoms with Gasteiger partial charge in [-0.25, -0.2) is 0 Å². The SMILES string of the molecule is C[C@H](C(=O)Nc1sc2c(c1C(N)=O)CCC2)N1CCc2ccccc21. The molecule has 4 rings (SSSR count). The fourth-order valence-electron chi connectivity index (χ4n) is 3.88. The van der Waals surface area contributed by atoms with Gasteiger partial charge in [0.05, 0.1) is 5.56 Å². The van der Waals surface area contributed by atoms with E-state index < -0.39 is 5.91 Å². The minimum atomic E-state index is -0.450. The van der Waals surface area contributed by atoms with E-state index in [2.05, 4.69) is 22.3 Å². The molecular weight excluding hydrogens is 334 g/mol. The van der Waals surface area contributed by atoms with E-state index in [4.69, 9.17) is 5.73 Å². The number of aryl methyl sites for hydroxylation is 1. The van der Waals surface area contributed by atoms with Crippen molar-refractivity contribution in [3.05, 3.63) is 45.8 Å². The molecule has 1 aliphatic heterocycles. The number of rotatable bonds is 4. The van der Waals surface area contributed by atoms with Crippen molar-refractivity contribution in [1.82, 2.24) is 0 Å². The van der Waals surface area contributed by atoms with E-state index in [1.165, 1.54) is 21.8 Å². The number of primary amides is 1. The molecule has 1 aliphatic carbocycles. The van der Waals surface area contributed by atoms with E-state index in [1.54, 1.807) is 0 Å². The normalized spacial score (nSPS) is 16.4. The lowest BCUT2D eigenvalue weighted by Crippen LogP contribution is -2.41. The molecule has 2 aromatic rings. The van der Waals surface area contributed by atoms with E-state index in [9.17, 15) is 9.59 Å². The number of carbonyl (C=O) groups excluding carboxylic acids is 2. The van der Waals surface area contributed by atoms with E-state index in [0.717, 1.165) is 43.5 Å². The van der Waals surface area contributed by atoms with Crippen molar-refractivity contribution in [1.29, 1.82) is 0 Å². The van der Waals surface area contributed by atoms with E-state index in [1.807, 2.05) is 19.1 Å². The number of nitrogens with zero attached hydrogens (tertiary/aromatic N) is 1. The molecule has 0 unspecified atom stereocenters. The molecule has 0 saturated heterocycles. The summed E-state index contributed by atoms with van der Waals surface area (Å²) in [4.78, 5) is 28.0. The third-order valence-electron chi connectivity index (χ3n) is 5.17. The minimum absolute atomic E-state index is 0.0980. The third-order valence-corrected chi connectivity index (χ3v) is 6.38. The molecule has 0 radical (unpaired) electrons. The molecule has 5 nitrogen and oxygen atoms in total. The summed E-state index contributed by atoms with van der Waals surface area (Å²) >= 11 is 1.50. The van der Waals surface area contributed by atoms with Gasteiger partial charge in [0.2, 0.25) is 5.91 Å². The van der Waals surface area contributed by atoms with Crippen LogP contribution in [0.25, 0.3) is 0 Å². The Hall–Kier alpha value is -2.34. The summed E-state index contributed by atoms with van der Waals surface area (Å²) in [6.07, 6.45) is 3.84. The highest BCUT2D eigenvalue weighted by atomic mass is 32.1. The Kier molecular flexibility index (Phi) is 4.00. The van der Waals surface area contributed by atoms with Gasteiger partial charge in [0.1, 0.15) is 11.0 Å². The first-order chi connectivity index (χ1) is 12.1. The van der Waals surface area contributed by atoms with Crippen molar-refractivity contribution in [2.75, 3.05) is 16.8 Å². The van der Waals surface area contributed by atoms with Crippen LogP contribution in [0.2, 0.25) is 0 Å². The number of nitrogens with one attached hydrogen (secondary N) is 1. The van der Waals surface area contributed by atoms with Gasteiger partial charge in [-0.3, -0.25) is 9.59 Å². The molecule has 0 saturated carbocycles. The van der Waals surface area contributed by atoms with Crippen molar-refractivity contribution < 1.29 is 9.59 Å². The number of hydrogen-bond donors (Lipinski definition) is 2. The molecule has 3 N–H and O–H groups in total. The second-order valence-corrected chi connectivity index (χ2v) is 7.77. The maximum Gasteiger partial charge on any atom is 0.251 e. The number of amides is 2. The van der Waals surface area contributed by atoms with E-state index >= 15 is 0 Å². The molecule has 2 amide bonds. The Balaban J connectivity index is 1.56. The maximum atomic E-state index is 12.8. The van der Waals surface area contributed by atoms with Crippen LogP contribution >= 0.6 is 11.3 Å². The molecule has 2 heterocycles. The van der Waals surface area contributed by atoms with Crippen LogP contribution in [0, 0.1) is 0 Å². The van der Waals surface area contributed by atoms with Crippen molar-refractivity contribution >= 4 is 33.8 Å². The fourth-order valence-corrected chi connectivity index (χ4v) is 5.17. The molecule has 130 valence electrons. The number of para-hydroxylation sites is 1. The third kappa shape index (κ3) is 2.70. The van der Waals surface area contributed by atoms with Crippen LogP contribution in [0.15, 0.2) is 24.3 Å². The van der Waals surface area contributed by atoms with Crippen LogP contribution in [0.5, 0.6) is 0 Å². The van der Waals surface area contributed by atoms with Gasteiger partial charge in [0.15, 0.2) is 0 Å². The average molecular weight is 355 g/mol. The van der Waals surface area contributed by atoms with Gasteiger partial charge in [-0.05, 0) is 49.8 Å². The molecular formula is C19H21N3O2S. The number of nitrogens with two attached hydrogens (primary N) is 1. The van der Waals surface area contributed by atoms with Crippen LogP contribution < -0.4 is 16.0 Å². The molecule has 1 aromatic carbocycles. The van der Waals surface area contributed by atoms with Crippen LogP contribution in [0.1, 0.15) is 39.7 Å². The predicted octanol–water partition coefficient (Wildman–Crippen LogP) is 2.73. The number of anilines is 2. The number of thiophene rings is 1. The Morgan fingerprint density at radius 2 is 2.04 bits per heavy atom. The first kappa shape index (κ1) is 16.1. The fraction of sp³-hybridized carbons (Fsp3) is 0.368. The summed E-state index contributed by atoms with van der Waals surface area (Å²) in [6, 6.07) is 7.88. The summed E-state index contributed by atoms with van der Waals surface area (Å²) in [7, 11) is 0. The topological polar surface area (TPSA) is 75.4 Å². The Morgan fingerprint density at radius 1 is 1.24 bits per heavy atom. The van der Waals surface area contributed by atoms with Crippen LogP contribution in [0.4, 0.5) is 10.7 Å². The first-order valence-corrected chi connectivity index (χ1v) is 9.47. The van der Waals surface area contributed by atoms with Crippen molar-refractivity contribution in [3.63, 3.8) is 0 Å². The second-order valence-electron chi connectivity index (χ2n) is 6.66. The lowest BCUT2D eigenvalue weighted by molar-refractivity contribution is -0.117. The number of hydrogen-bond acceptors (Lipinski definition) is 4. The number of carbonyl (C=O) groups is 2. The zero-order valence-electron chi connectivity index (χ0n) is 14.2. The summed E-state index contributed by atoms with van der Waals surface area (Å²) in [6.45, 7) is 2.74. The lowest BCUT2D eigenvalue weighted by atomic mass is 10.1. The van der Waals surface area contributed by atoms with E-state index in [0.29, 0.717) is 10.6 Å². The molecule has 0 bridgehead atoms. The quantitative estimate of drug-likeness (QED) is 0.885. The van der Waals surface area contributed by atoms with Gasteiger partial charge < -0.3 is 16.0 Å². The van der Waals surface area contributed by atoms with Crippen LogP contribution in [0.3, 0.4) is 0 Å². The summed E-state index contributed by atoms with van der Waals surface area (Å²) in [5.41, 5.74) is 9.52. The summed E-state index contributed by atoms with van der Waals surface area (Å²) in [5, 5.41) is 3.58. The molecule has 0 spiro atoms. The van der Waals surface area contributed by atoms with Gasteiger partial charge in [-0.1, -0.05) is 18.2 Å². The van der Waals surface area contributed by atoms with Crippen molar-refractivity contribution in [2.45, 2.75) is 38.6 Å². The largest absolute Gasteiger partial charge is 0.365 e. The monoisotopic (exact) mass is 355 g/mol. The highest BCUT2D eigenvalue weighted by Gasteiger charge is 2.30. The Labute approximate surface area is 150 Å². The average Bonchev–Trinajstić information content (AvgIpc) is 3.27. The predicted molar refractivity (Wildman–Crippen MR) is 100 cm³/mol. The molecule has 6 heteroatoms. The number of fused-ring (bicyclic) bond motifs is 2. The Morgan fingerprint density at radius 3 is 2.84 bits per heavy atom. The highest BCUT2D eigenvalue weighted by Crippen LogP contribution is 2.39. The van der Waals surface area contributed by atoms with E-state index in [-0.39, 0.29) is 11.9 Å². The van der Waals surface area contributed by atoms with Crippen molar-refractivity contribution in [3.8, 4) is 0 Å². The lowest BCUT2D eigenvalue weighted by Gasteiger charge is -2.26. The standard InChI is InChI=1S/C19H21N3O2S/c1-11(22-10-9-12-5-2-3-7-14(12)22)18(24)21-19-16(17(20)23)13-6-4-8-15(13)25-19/h2-3,5,7,11H,4,6,8-10H2,1H3,(H2,20,23)(H,21,24)/t11-/m1/s1. The summed E-state index contributed by atoms with van der Waals surface area (Å²) < 4.78 is 0. The van der Waals surface area contributed by atoms with Crippen LogP contribution in [-0.4, -0.2) is 24.4 Å². The zero-order valence-corrected chi connectivity index (χ0v) is 15.0. The van der Waals surface area contributed by atoms with Crippen molar-refractivity contribution in [2.24, 2.45) is 5.73 Å². The minimum Gasteiger partial charge on any atom is -0.365 e. The van der Waals surface area contributed by atoms with Gasteiger partial charge in [-0.15, -0.1) is 11.3 Å². The maximum absolute atomic E-state index is 12.8. The first-order valence-electron chi connectivity index (χ1n) is 8.66. The van der Waals surface area contributed by atoms with Gasteiger partial charge in [-0.2, -0.15) is 0 Å². The van der Waals surface area contributed by atoms with Crippen LogP contribution in [-0.2, 0) is 24.1 Å². The molecule has 2 aliphatic rings. The smallest absolute Gasteiger partial charge is 0.251 e. The highest BCUT2D eigenvalue weighted by molar-refractivity contribution is 7.17. The Bertz CT molecular complexity index is 858. The molecule has 0 fully saturated rings. The molecule has 25 heavy (non-hydrogen) atoms. The van der Waals surface area contributed by atoms with Gasteiger partial charge in [0, 0.05) is 17.1 Å².